The van der Waals surface area contributed by atoms with Crippen molar-refractivity contribution in [2.75, 3.05) is 42.3 Å². The topological polar surface area (TPSA) is 80.5 Å². The van der Waals surface area contributed by atoms with E-state index in [1.54, 1.807) is 0 Å². The quantitative estimate of drug-likeness (QED) is 0.539. The van der Waals surface area contributed by atoms with Crippen molar-refractivity contribution in [3.63, 3.8) is 0 Å². The van der Waals surface area contributed by atoms with E-state index < -0.39 is 0 Å². The fourth-order valence-corrected chi connectivity index (χ4v) is 3.93. The first kappa shape index (κ1) is 19.9. The van der Waals surface area contributed by atoms with Gasteiger partial charge < -0.3 is 19.4 Å². The first-order chi connectivity index (χ1) is 14.2. The summed E-state index contributed by atoms with van der Waals surface area (Å²) < 4.78 is 11.9. The minimum atomic E-state index is -0.130. The van der Waals surface area contributed by atoms with Crippen LogP contribution in [-0.2, 0) is 9.53 Å². The number of halogens is 1. The van der Waals surface area contributed by atoms with Crippen molar-refractivity contribution in [1.82, 2.24) is 10.2 Å². The molecule has 1 saturated heterocycles. The molecule has 0 aliphatic carbocycles. The smallest absolute Gasteiger partial charge is 0.277 e. The van der Waals surface area contributed by atoms with E-state index in [-0.39, 0.29) is 11.7 Å². The molecule has 0 spiro atoms. The van der Waals surface area contributed by atoms with E-state index >= 15 is 0 Å². The van der Waals surface area contributed by atoms with Crippen LogP contribution in [0.2, 0.25) is 0 Å². The van der Waals surface area contributed by atoms with Gasteiger partial charge in [-0.25, -0.2) is 0 Å². The van der Waals surface area contributed by atoms with E-state index in [9.17, 15) is 4.79 Å². The van der Waals surface area contributed by atoms with Crippen LogP contribution < -0.4 is 10.2 Å². The van der Waals surface area contributed by atoms with Crippen LogP contribution in [0, 0.1) is 0 Å². The van der Waals surface area contributed by atoms with E-state index in [4.69, 9.17) is 9.15 Å². The molecule has 1 amide bonds. The fourth-order valence-electron chi connectivity index (χ4n) is 2.91. The number of rotatable bonds is 6. The number of hydrogen-bond acceptors (Lipinski definition) is 7. The number of carbonyl (C=O) groups excluding carboxylic acids is 1. The van der Waals surface area contributed by atoms with Gasteiger partial charge in [-0.2, -0.15) is 0 Å². The van der Waals surface area contributed by atoms with Gasteiger partial charge in [0.1, 0.15) is 0 Å². The zero-order chi connectivity index (χ0) is 20.1. The molecule has 2 aromatic carbocycles. The summed E-state index contributed by atoms with van der Waals surface area (Å²) in [7, 11) is 0. The third kappa shape index (κ3) is 5.17. The summed E-state index contributed by atoms with van der Waals surface area (Å²) in [6, 6.07) is 15.4. The third-order valence-electron chi connectivity index (χ3n) is 4.36. The van der Waals surface area contributed by atoms with Crippen LogP contribution in [-0.4, -0.2) is 48.2 Å². The van der Waals surface area contributed by atoms with E-state index in [1.165, 1.54) is 11.8 Å². The summed E-state index contributed by atoms with van der Waals surface area (Å²) in [5.41, 5.74) is 2.70. The van der Waals surface area contributed by atoms with Crippen LogP contribution in [0.5, 0.6) is 0 Å². The van der Waals surface area contributed by atoms with Gasteiger partial charge in [0.15, 0.2) is 0 Å². The zero-order valence-corrected chi connectivity index (χ0v) is 17.9. The molecule has 0 unspecified atom stereocenters. The number of amides is 1. The van der Waals surface area contributed by atoms with Gasteiger partial charge in [-0.15, -0.1) is 10.2 Å². The molecule has 3 aromatic rings. The van der Waals surface area contributed by atoms with Gasteiger partial charge in [-0.3, -0.25) is 4.79 Å². The van der Waals surface area contributed by atoms with Crippen LogP contribution in [0.1, 0.15) is 0 Å². The van der Waals surface area contributed by atoms with Crippen LogP contribution in [0.4, 0.5) is 11.4 Å². The van der Waals surface area contributed by atoms with E-state index in [1.807, 2.05) is 48.5 Å². The van der Waals surface area contributed by atoms with Gasteiger partial charge in [0.25, 0.3) is 5.22 Å². The van der Waals surface area contributed by atoms with Crippen molar-refractivity contribution in [3.05, 3.63) is 53.0 Å². The predicted molar refractivity (Wildman–Crippen MR) is 116 cm³/mol. The Hall–Kier alpha value is -2.36. The van der Waals surface area contributed by atoms with E-state index in [0.717, 1.165) is 47.7 Å². The molecule has 1 N–H and O–H groups in total. The minimum absolute atomic E-state index is 0.130. The highest BCUT2D eigenvalue weighted by molar-refractivity contribution is 9.10. The second kappa shape index (κ2) is 9.43. The maximum Gasteiger partial charge on any atom is 0.277 e. The van der Waals surface area contributed by atoms with Gasteiger partial charge in [0.2, 0.25) is 11.8 Å². The highest BCUT2D eigenvalue weighted by Crippen LogP contribution is 2.29. The van der Waals surface area contributed by atoms with Crippen molar-refractivity contribution in [2.45, 2.75) is 5.22 Å². The molecule has 0 radical (unpaired) electrons. The van der Waals surface area contributed by atoms with Crippen molar-refractivity contribution < 1.29 is 13.9 Å². The molecule has 0 saturated carbocycles. The molecule has 0 atom stereocenters. The van der Waals surface area contributed by atoms with Gasteiger partial charge in [0.05, 0.1) is 24.5 Å². The molecule has 1 aliphatic heterocycles. The molecule has 7 nitrogen and oxygen atoms in total. The van der Waals surface area contributed by atoms with E-state index in [2.05, 4.69) is 36.3 Å². The van der Waals surface area contributed by atoms with Gasteiger partial charge >= 0.3 is 0 Å². The number of hydrogen-bond donors (Lipinski definition) is 1. The Morgan fingerprint density at radius 1 is 1.10 bits per heavy atom. The zero-order valence-electron chi connectivity index (χ0n) is 15.5. The summed E-state index contributed by atoms with van der Waals surface area (Å²) in [5.74, 6) is 0.469. The molecule has 0 bridgehead atoms. The maximum absolute atomic E-state index is 12.2. The molecule has 1 aromatic heterocycles. The molecule has 29 heavy (non-hydrogen) atoms. The molecular formula is C20H19BrN4O3S. The molecule has 2 heterocycles. The number of anilines is 2. The maximum atomic E-state index is 12.2. The minimum Gasteiger partial charge on any atom is -0.411 e. The Kier molecular flexibility index (Phi) is 6.48. The lowest BCUT2D eigenvalue weighted by molar-refractivity contribution is -0.113. The Bertz CT molecular complexity index is 974. The number of ether oxygens (including phenoxy) is 1. The third-order valence-corrected chi connectivity index (χ3v) is 5.87. The summed E-state index contributed by atoms with van der Waals surface area (Å²) in [4.78, 5) is 14.5. The number of aromatic nitrogens is 2. The van der Waals surface area contributed by atoms with Crippen LogP contribution >= 0.6 is 27.7 Å². The largest absolute Gasteiger partial charge is 0.411 e. The lowest BCUT2D eigenvalue weighted by Crippen LogP contribution is -2.36. The average molecular weight is 475 g/mol. The number of morpholine rings is 1. The summed E-state index contributed by atoms with van der Waals surface area (Å²) in [5, 5.41) is 11.3. The van der Waals surface area contributed by atoms with Crippen molar-refractivity contribution in [2.24, 2.45) is 0 Å². The van der Waals surface area contributed by atoms with Crippen molar-refractivity contribution in [3.8, 4) is 11.5 Å². The molecule has 4 rings (SSSR count). The lowest BCUT2D eigenvalue weighted by Gasteiger charge is -2.28. The standard InChI is InChI=1S/C20H19BrN4O3S/c21-17-4-2-1-3-16(17)19-23-24-20(28-19)29-13-18(26)22-14-5-7-15(8-6-14)25-9-11-27-12-10-25/h1-8H,9-13H2,(H,22,26). The van der Waals surface area contributed by atoms with E-state index in [0.29, 0.717) is 11.1 Å². The molecule has 1 aliphatic rings. The molecule has 9 heteroatoms. The Labute approximate surface area is 181 Å². The van der Waals surface area contributed by atoms with Crippen molar-refractivity contribution >= 4 is 45.0 Å². The number of benzene rings is 2. The second-order valence-electron chi connectivity index (χ2n) is 6.34. The molecule has 150 valence electrons. The van der Waals surface area contributed by atoms with Gasteiger partial charge in [-0.05, 0) is 52.3 Å². The average Bonchev–Trinajstić information content (AvgIpc) is 3.23. The second-order valence-corrected chi connectivity index (χ2v) is 8.12. The highest BCUT2D eigenvalue weighted by atomic mass is 79.9. The van der Waals surface area contributed by atoms with Crippen LogP contribution in [0.3, 0.4) is 0 Å². The number of nitrogens with zero attached hydrogens (tertiary/aromatic N) is 3. The van der Waals surface area contributed by atoms with Crippen molar-refractivity contribution in [1.29, 1.82) is 0 Å². The first-order valence-electron chi connectivity index (χ1n) is 9.13. The lowest BCUT2D eigenvalue weighted by atomic mass is 10.2. The number of carbonyl (C=O) groups is 1. The Morgan fingerprint density at radius 3 is 2.62 bits per heavy atom. The Balaban J connectivity index is 1.30. The van der Waals surface area contributed by atoms with Crippen LogP contribution in [0.25, 0.3) is 11.5 Å². The number of nitrogens with one attached hydrogen (secondary N) is 1. The normalized spacial score (nSPS) is 14.0. The highest BCUT2D eigenvalue weighted by Gasteiger charge is 2.14. The summed E-state index contributed by atoms with van der Waals surface area (Å²) in [6.07, 6.45) is 0. The van der Waals surface area contributed by atoms with Gasteiger partial charge in [-0.1, -0.05) is 23.9 Å². The monoisotopic (exact) mass is 474 g/mol. The van der Waals surface area contributed by atoms with Gasteiger partial charge in [0, 0.05) is 28.9 Å². The number of thioether (sulfide) groups is 1. The van der Waals surface area contributed by atoms with Crippen LogP contribution in [0.15, 0.2) is 62.6 Å². The molecule has 1 fully saturated rings. The fraction of sp³-hybridized carbons (Fsp3) is 0.250. The summed E-state index contributed by atoms with van der Waals surface area (Å²) in [6.45, 7) is 3.25. The Morgan fingerprint density at radius 2 is 1.86 bits per heavy atom. The first-order valence-corrected chi connectivity index (χ1v) is 10.9. The summed E-state index contributed by atoms with van der Waals surface area (Å²) >= 11 is 4.67. The molecular weight excluding hydrogens is 456 g/mol. The predicted octanol–water partition coefficient (Wildman–Crippen LogP) is 4.07. The SMILES string of the molecule is O=C(CSc1nnc(-c2ccccc2Br)o1)Nc1ccc(N2CCOCC2)cc1.